The van der Waals surface area contributed by atoms with Gasteiger partial charge in [-0.2, -0.15) is 11.8 Å². The standard InChI is InChI=1S/C11H22O2S/c1-9(8-12)10(13)11(14-2)6-4-3-5-7-11/h9-10,12-13H,3-8H2,1-2H3/t9-,10-/m0/s1. The molecule has 14 heavy (non-hydrogen) atoms. The van der Waals surface area contributed by atoms with Gasteiger partial charge in [0.25, 0.3) is 0 Å². The maximum atomic E-state index is 10.2. The van der Waals surface area contributed by atoms with Gasteiger partial charge in [0.15, 0.2) is 0 Å². The fourth-order valence-corrected chi connectivity index (χ4v) is 3.56. The molecule has 1 aliphatic carbocycles. The van der Waals surface area contributed by atoms with Crippen molar-refractivity contribution in [2.24, 2.45) is 5.92 Å². The van der Waals surface area contributed by atoms with Crippen molar-refractivity contribution in [1.82, 2.24) is 0 Å². The molecular formula is C11H22O2S. The van der Waals surface area contributed by atoms with E-state index in [-0.39, 0.29) is 23.4 Å². The molecule has 0 bridgehead atoms. The Bertz CT molecular complexity index is 167. The summed E-state index contributed by atoms with van der Waals surface area (Å²) in [4.78, 5) is 0. The molecule has 0 aromatic rings. The summed E-state index contributed by atoms with van der Waals surface area (Å²) >= 11 is 1.78. The topological polar surface area (TPSA) is 40.5 Å². The van der Waals surface area contributed by atoms with E-state index < -0.39 is 0 Å². The molecule has 3 heteroatoms. The Labute approximate surface area is 91.1 Å². The van der Waals surface area contributed by atoms with Crippen LogP contribution < -0.4 is 0 Å². The van der Waals surface area contributed by atoms with Crippen molar-refractivity contribution in [3.05, 3.63) is 0 Å². The summed E-state index contributed by atoms with van der Waals surface area (Å²) in [5, 5.41) is 19.3. The average Bonchev–Trinajstić information content (AvgIpc) is 2.28. The van der Waals surface area contributed by atoms with Gasteiger partial charge < -0.3 is 10.2 Å². The van der Waals surface area contributed by atoms with Crippen molar-refractivity contribution in [2.75, 3.05) is 12.9 Å². The van der Waals surface area contributed by atoms with Crippen molar-refractivity contribution in [3.63, 3.8) is 0 Å². The average molecular weight is 218 g/mol. The zero-order chi connectivity index (χ0) is 10.6. The summed E-state index contributed by atoms with van der Waals surface area (Å²) in [5.74, 6) is 0.000509. The number of rotatable bonds is 4. The number of aliphatic hydroxyl groups is 2. The Balaban J connectivity index is 2.66. The van der Waals surface area contributed by atoms with E-state index in [0.29, 0.717) is 0 Å². The smallest absolute Gasteiger partial charge is 0.0734 e. The molecule has 0 saturated heterocycles. The molecular weight excluding hydrogens is 196 g/mol. The van der Waals surface area contributed by atoms with E-state index in [9.17, 15) is 5.11 Å². The first kappa shape index (κ1) is 12.3. The van der Waals surface area contributed by atoms with E-state index in [1.807, 2.05) is 6.92 Å². The normalized spacial score (nSPS) is 25.7. The van der Waals surface area contributed by atoms with Gasteiger partial charge in [0.2, 0.25) is 0 Å². The first-order chi connectivity index (χ1) is 6.66. The second kappa shape index (κ2) is 5.38. The minimum atomic E-state index is -0.359. The molecule has 1 saturated carbocycles. The Morgan fingerprint density at radius 1 is 1.29 bits per heavy atom. The van der Waals surface area contributed by atoms with Crippen LogP contribution in [0.25, 0.3) is 0 Å². The molecule has 0 spiro atoms. The summed E-state index contributed by atoms with van der Waals surface area (Å²) in [5.41, 5.74) is 0. The van der Waals surface area contributed by atoms with E-state index >= 15 is 0 Å². The molecule has 0 heterocycles. The van der Waals surface area contributed by atoms with Crippen LogP contribution in [0.3, 0.4) is 0 Å². The molecule has 0 amide bonds. The molecule has 2 N–H and O–H groups in total. The van der Waals surface area contributed by atoms with Gasteiger partial charge in [0.05, 0.1) is 6.10 Å². The molecule has 2 nitrogen and oxygen atoms in total. The van der Waals surface area contributed by atoms with Gasteiger partial charge in [-0.1, -0.05) is 26.2 Å². The van der Waals surface area contributed by atoms with Gasteiger partial charge in [-0.25, -0.2) is 0 Å². The highest BCUT2D eigenvalue weighted by Gasteiger charge is 2.40. The molecule has 1 aliphatic rings. The lowest BCUT2D eigenvalue weighted by Crippen LogP contribution is -2.45. The summed E-state index contributed by atoms with van der Waals surface area (Å²) in [7, 11) is 0. The van der Waals surface area contributed by atoms with E-state index in [1.54, 1.807) is 11.8 Å². The molecule has 0 unspecified atom stereocenters. The highest BCUT2D eigenvalue weighted by molar-refractivity contribution is 8.00. The number of hydrogen-bond donors (Lipinski definition) is 2. The van der Waals surface area contributed by atoms with Gasteiger partial charge in [0.1, 0.15) is 0 Å². The maximum Gasteiger partial charge on any atom is 0.0734 e. The van der Waals surface area contributed by atoms with Crippen molar-refractivity contribution in [3.8, 4) is 0 Å². The second-order valence-corrected chi connectivity index (χ2v) is 5.66. The molecule has 1 rings (SSSR count). The Kier molecular flexibility index (Phi) is 4.74. The fraction of sp³-hybridized carbons (Fsp3) is 1.00. The molecule has 0 aliphatic heterocycles. The highest BCUT2D eigenvalue weighted by Crippen LogP contribution is 2.43. The van der Waals surface area contributed by atoms with Crippen molar-refractivity contribution in [2.45, 2.75) is 49.9 Å². The van der Waals surface area contributed by atoms with Gasteiger partial charge in [-0.15, -0.1) is 0 Å². The lowest BCUT2D eigenvalue weighted by Gasteiger charge is -2.42. The predicted octanol–water partition coefficient (Wildman–Crippen LogP) is 2.04. The molecule has 1 fully saturated rings. The predicted molar refractivity (Wildman–Crippen MR) is 61.6 cm³/mol. The van der Waals surface area contributed by atoms with Gasteiger partial charge in [0, 0.05) is 17.3 Å². The Hall–Kier alpha value is 0.270. The summed E-state index contributed by atoms with van der Waals surface area (Å²) < 4.78 is 0.0143. The number of hydrogen-bond acceptors (Lipinski definition) is 3. The third kappa shape index (κ3) is 2.44. The van der Waals surface area contributed by atoms with Crippen LogP contribution in [-0.2, 0) is 0 Å². The molecule has 84 valence electrons. The lowest BCUT2D eigenvalue weighted by molar-refractivity contribution is 0.0334. The van der Waals surface area contributed by atoms with Crippen LogP contribution in [-0.4, -0.2) is 33.9 Å². The van der Waals surface area contributed by atoms with Crippen LogP contribution in [0.2, 0.25) is 0 Å². The third-order valence-electron chi connectivity index (χ3n) is 3.47. The summed E-state index contributed by atoms with van der Waals surface area (Å²) in [6.07, 6.45) is 7.65. The zero-order valence-corrected chi connectivity index (χ0v) is 10.0. The number of aliphatic hydroxyl groups excluding tert-OH is 2. The van der Waals surface area contributed by atoms with E-state index in [1.165, 1.54) is 19.3 Å². The van der Waals surface area contributed by atoms with Crippen molar-refractivity contribution in [1.29, 1.82) is 0 Å². The minimum Gasteiger partial charge on any atom is -0.396 e. The zero-order valence-electron chi connectivity index (χ0n) is 9.20. The third-order valence-corrected chi connectivity index (χ3v) is 4.94. The first-order valence-electron chi connectivity index (χ1n) is 5.50. The van der Waals surface area contributed by atoms with Crippen molar-refractivity contribution >= 4 is 11.8 Å². The molecule has 0 aromatic carbocycles. The van der Waals surface area contributed by atoms with E-state index in [0.717, 1.165) is 12.8 Å². The largest absolute Gasteiger partial charge is 0.396 e. The Morgan fingerprint density at radius 3 is 2.29 bits per heavy atom. The van der Waals surface area contributed by atoms with Crippen LogP contribution in [0.4, 0.5) is 0 Å². The lowest BCUT2D eigenvalue weighted by atomic mass is 9.80. The van der Waals surface area contributed by atoms with Crippen LogP contribution in [0, 0.1) is 5.92 Å². The minimum absolute atomic E-state index is 0.000509. The summed E-state index contributed by atoms with van der Waals surface area (Å²) in [6, 6.07) is 0. The fourth-order valence-electron chi connectivity index (χ4n) is 2.39. The van der Waals surface area contributed by atoms with Gasteiger partial charge >= 0.3 is 0 Å². The SMILES string of the molecule is CSC1([C@@H](O)[C@@H](C)CO)CCCCC1. The number of thioether (sulfide) groups is 1. The monoisotopic (exact) mass is 218 g/mol. The second-order valence-electron chi connectivity index (χ2n) is 4.43. The van der Waals surface area contributed by atoms with E-state index in [2.05, 4.69) is 6.26 Å². The summed E-state index contributed by atoms with van der Waals surface area (Å²) in [6.45, 7) is 2.01. The van der Waals surface area contributed by atoms with Gasteiger partial charge in [-0.05, 0) is 19.1 Å². The Morgan fingerprint density at radius 2 is 1.86 bits per heavy atom. The first-order valence-corrected chi connectivity index (χ1v) is 6.73. The molecule has 0 radical (unpaired) electrons. The molecule has 0 aromatic heterocycles. The highest BCUT2D eigenvalue weighted by atomic mass is 32.2. The van der Waals surface area contributed by atoms with Crippen LogP contribution in [0.15, 0.2) is 0 Å². The van der Waals surface area contributed by atoms with Crippen LogP contribution in [0.1, 0.15) is 39.0 Å². The molecule has 2 atom stereocenters. The quantitative estimate of drug-likeness (QED) is 0.758. The maximum absolute atomic E-state index is 10.2. The van der Waals surface area contributed by atoms with Crippen LogP contribution >= 0.6 is 11.8 Å². The van der Waals surface area contributed by atoms with Gasteiger partial charge in [-0.3, -0.25) is 0 Å². The van der Waals surface area contributed by atoms with E-state index in [4.69, 9.17) is 5.11 Å². The van der Waals surface area contributed by atoms with Crippen LogP contribution in [0.5, 0.6) is 0 Å². The van der Waals surface area contributed by atoms with Crippen molar-refractivity contribution < 1.29 is 10.2 Å².